The minimum atomic E-state index is 0.0442. The third kappa shape index (κ3) is 2.99. The Labute approximate surface area is 103 Å². The summed E-state index contributed by atoms with van der Waals surface area (Å²) in [6, 6.07) is 10.1. The van der Waals surface area contributed by atoms with Gasteiger partial charge in [0, 0.05) is 18.3 Å². The zero-order chi connectivity index (χ0) is 12.1. The molecule has 0 spiro atoms. The van der Waals surface area contributed by atoms with Crippen LogP contribution in [0.2, 0.25) is 0 Å². The maximum Gasteiger partial charge on any atom is 0.322 e. The van der Waals surface area contributed by atoms with Gasteiger partial charge in [-0.05, 0) is 37.8 Å². The molecule has 0 aliphatic carbocycles. The van der Waals surface area contributed by atoms with Gasteiger partial charge in [-0.3, -0.25) is 0 Å². The highest BCUT2D eigenvalue weighted by molar-refractivity contribution is 5.89. The summed E-state index contributed by atoms with van der Waals surface area (Å²) in [6.07, 6.45) is 4.55. The van der Waals surface area contributed by atoms with Crippen molar-refractivity contribution in [1.82, 2.24) is 4.90 Å². The smallest absolute Gasteiger partial charge is 0.322 e. The van der Waals surface area contributed by atoms with Gasteiger partial charge in [0.1, 0.15) is 0 Å². The van der Waals surface area contributed by atoms with Crippen LogP contribution in [0.1, 0.15) is 32.6 Å². The Morgan fingerprint density at radius 3 is 2.82 bits per heavy atom. The molecule has 1 aromatic rings. The number of likely N-dealkylation sites (tertiary alicyclic amines) is 1. The molecular weight excluding hydrogens is 212 g/mol. The molecule has 1 atom stereocenters. The Morgan fingerprint density at radius 1 is 1.35 bits per heavy atom. The second-order valence-electron chi connectivity index (χ2n) is 4.55. The first-order valence-corrected chi connectivity index (χ1v) is 6.44. The molecule has 1 N–H and O–H groups in total. The normalized spacial score (nSPS) is 20.1. The number of nitrogens with one attached hydrogen (secondary N) is 1. The molecule has 0 bridgehead atoms. The fourth-order valence-electron chi connectivity index (χ4n) is 2.41. The van der Waals surface area contributed by atoms with E-state index in [1.165, 1.54) is 6.42 Å². The molecule has 2 rings (SSSR count). The molecule has 1 heterocycles. The quantitative estimate of drug-likeness (QED) is 0.831. The van der Waals surface area contributed by atoms with E-state index in [1.54, 1.807) is 0 Å². The Morgan fingerprint density at radius 2 is 2.12 bits per heavy atom. The van der Waals surface area contributed by atoms with E-state index in [1.807, 2.05) is 35.2 Å². The van der Waals surface area contributed by atoms with Gasteiger partial charge in [0.05, 0.1) is 0 Å². The standard InChI is InChI=1S/C14H20N2O/c1-2-13-10-6-7-11-16(13)14(17)15-12-8-4-3-5-9-12/h3-5,8-9,13H,2,6-7,10-11H2,1H3,(H,15,17). The number of urea groups is 1. The highest BCUT2D eigenvalue weighted by Crippen LogP contribution is 2.20. The highest BCUT2D eigenvalue weighted by Gasteiger charge is 2.24. The molecule has 1 fully saturated rings. The molecule has 17 heavy (non-hydrogen) atoms. The largest absolute Gasteiger partial charge is 0.322 e. The molecule has 1 aromatic carbocycles. The molecule has 1 aliphatic heterocycles. The van der Waals surface area contributed by atoms with E-state index in [-0.39, 0.29) is 6.03 Å². The Kier molecular flexibility index (Phi) is 4.02. The summed E-state index contributed by atoms with van der Waals surface area (Å²) in [6.45, 7) is 3.04. The lowest BCUT2D eigenvalue weighted by Gasteiger charge is -2.35. The molecule has 3 heteroatoms. The molecule has 3 nitrogen and oxygen atoms in total. The SMILES string of the molecule is CCC1CCCCN1C(=O)Nc1ccccc1. The Bertz CT molecular complexity index is 364. The molecule has 0 radical (unpaired) electrons. The van der Waals surface area contributed by atoms with Gasteiger partial charge >= 0.3 is 6.03 Å². The number of hydrogen-bond acceptors (Lipinski definition) is 1. The van der Waals surface area contributed by atoms with Gasteiger partial charge in [0.25, 0.3) is 0 Å². The van der Waals surface area contributed by atoms with E-state index in [0.717, 1.165) is 31.5 Å². The van der Waals surface area contributed by atoms with Crippen molar-refractivity contribution >= 4 is 11.7 Å². The summed E-state index contributed by atoms with van der Waals surface area (Å²) in [5.74, 6) is 0. The van der Waals surface area contributed by atoms with Crippen LogP contribution in [0.3, 0.4) is 0 Å². The van der Waals surface area contributed by atoms with Crippen molar-refractivity contribution < 1.29 is 4.79 Å². The predicted octanol–water partition coefficient (Wildman–Crippen LogP) is 3.48. The number of rotatable bonds is 2. The molecule has 92 valence electrons. The van der Waals surface area contributed by atoms with Gasteiger partial charge in [-0.25, -0.2) is 4.79 Å². The topological polar surface area (TPSA) is 32.3 Å². The van der Waals surface area contributed by atoms with Gasteiger partial charge in [-0.2, -0.15) is 0 Å². The van der Waals surface area contributed by atoms with Crippen molar-refractivity contribution in [3.63, 3.8) is 0 Å². The first-order chi connectivity index (χ1) is 8.31. The molecule has 2 amide bonds. The van der Waals surface area contributed by atoms with E-state index in [0.29, 0.717) is 6.04 Å². The predicted molar refractivity (Wildman–Crippen MR) is 70.1 cm³/mol. The zero-order valence-electron chi connectivity index (χ0n) is 10.4. The number of anilines is 1. The van der Waals surface area contributed by atoms with Gasteiger partial charge in [-0.15, -0.1) is 0 Å². The monoisotopic (exact) mass is 232 g/mol. The average Bonchev–Trinajstić information content (AvgIpc) is 2.40. The van der Waals surface area contributed by atoms with Crippen LogP contribution in [-0.4, -0.2) is 23.5 Å². The maximum absolute atomic E-state index is 12.2. The van der Waals surface area contributed by atoms with E-state index in [4.69, 9.17) is 0 Å². The number of carbonyl (C=O) groups excluding carboxylic acids is 1. The molecular formula is C14H20N2O. The fourth-order valence-corrected chi connectivity index (χ4v) is 2.41. The fraction of sp³-hybridized carbons (Fsp3) is 0.500. The van der Waals surface area contributed by atoms with Crippen molar-refractivity contribution in [2.45, 2.75) is 38.6 Å². The Hall–Kier alpha value is -1.51. The lowest BCUT2D eigenvalue weighted by molar-refractivity contribution is 0.160. The molecule has 1 aliphatic rings. The van der Waals surface area contributed by atoms with Crippen molar-refractivity contribution in [2.24, 2.45) is 0 Å². The van der Waals surface area contributed by atoms with Crippen LogP contribution < -0.4 is 5.32 Å². The molecule has 1 unspecified atom stereocenters. The number of nitrogens with zero attached hydrogens (tertiary/aromatic N) is 1. The lowest BCUT2D eigenvalue weighted by atomic mass is 10.0. The van der Waals surface area contributed by atoms with Gasteiger partial charge in [0.15, 0.2) is 0 Å². The number of para-hydroxylation sites is 1. The number of benzene rings is 1. The van der Waals surface area contributed by atoms with Crippen molar-refractivity contribution in [2.75, 3.05) is 11.9 Å². The number of hydrogen-bond donors (Lipinski definition) is 1. The molecule has 0 aromatic heterocycles. The van der Waals surface area contributed by atoms with Crippen LogP contribution in [0.4, 0.5) is 10.5 Å². The van der Waals surface area contributed by atoms with Gasteiger partial charge in [-0.1, -0.05) is 25.1 Å². The molecule has 0 saturated carbocycles. The summed E-state index contributed by atoms with van der Waals surface area (Å²) >= 11 is 0. The van der Waals surface area contributed by atoms with E-state index in [2.05, 4.69) is 12.2 Å². The van der Waals surface area contributed by atoms with Crippen molar-refractivity contribution in [1.29, 1.82) is 0 Å². The third-order valence-electron chi connectivity index (χ3n) is 3.38. The highest BCUT2D eigenvalue weighted by atomic mass is 16.2. The van der Waals surface area contributed by atoms with Crippen LogP contribution in [0, 0.1) is 0 Å². The van der Waals surface area contributed by atoms with Crippen molar-refractivity contribution in [3.05, 3.63) is 30.3 Å². The first-order valence-electron chi connectivity index (χ1n) is 6.44. The Balaban J connectivity index is 1.99. The summed E-state index contributed by atoms with van der Waals surface area (Å²) in [5.41, 5.74) is 0.873. The first kappa shape index (κ1) is 12.0. The second-order valence-corrected chi connectivity index (χ2v) is 4.55. The minimum absolute atomic E-state index is 0.0442. The molecule has 1 saturated heterocycles. The summed E-state index contributed by atoms with van der Waals surface area (Å²) in [4.78, 5) is 14.1. The number of piperidine rings is 1. The second kappa shape index (κ2) is 5.71. The van der Waals surface area contributed by atoms with E-state index >= 15 is 0 Å². The number of carbonyl (C=O) groups is 1. The van der Waals surface area contributed by atoms with Crippen LogP contribution in [0.15, 0.2) is 30.3 Å². The summed E-state index contributed by atoms with van der Waals surface area (Å²) in [7, 11) is 0. The zero-order valence-corrected chi connectivity index (χ0v) is 10.4. The van der Waals surface area contributed by atoms with Crippen LogP contribution in [-0.2, 0) is 0 Å². The van der Waals surface area contributed by atoms with E-state index in [9.17, 15) is 4.79 Å². The van der Waals surface area contributed by atoms with Crippen LogP contribution in [0.25, 0.3) is 0 Å². The third-order valence-corrected chi connectivity index (χ3v) is 3.38. The maximum atomic E-state index is 12.2. The minimum Gasteiger partial charge on any atom is -0.322 e. The van der Waals surface area contributed by atoms with Gasteiger partial charge in [0.2, 0.25) is 0 Å². The van der Waals surface area contributed by atoms with Gasteiger partial charge < -0.3 is 10.2 Å². The average molecular weight is 232 g/mol. The lowest BCUT2D eigenvalue weighted by Crippen LogP contribution is -2.45. The van der Waals surface area contributed by atoms with Crippen LogP contribution in [0.5, 0.6) is 0 Å². The number of amides is 2. The van der Waals surface area contributed by atoms with Crippen LogP contribution >= 0.6 is 0 Å². The summed E-state index contributed by atoms with van der Waals surface area (Å²) < 4.78 is 0. The summed E-state index contributed by atoms with van der Waals surface area (Å²) in [5, 5.41) is 2.96. The van der Waals surface area contributed by atoms with E-state index < -0.39 is 0 Å². The van der Waals surface area contributed by atoms with Crippen molar-refractivity contribution in [3.8, 4) is 0 Å².